The van der Waals surface area contributed by atoms with Crippen LogP contribution in [0.4, 0.5) is 16.2 Å². The van der Waals surface area contributed by atoms with Gasteiger partial charge in [0.2, 0.25) is 10.0 Å². The van der Waals surface area contributed by atoms with E-state index in [9.17, 15) is 13.2 Å². The first-order chi connectivity index (χ1) is 14.2. The van der Waals surface area contributed by atoms with Crippen molar-refractivity contribution in [1.29, 1.82) is 0 Å². The maximum atomic E-state index is 11.8. The second kappa shape index (κ2) is 7.77. The zero-order valence-corrected chi connectivity index (χ0v) is 17.6. The molecule has 0 saturated heterocycles. The fraction of sp³-hybridized carbons (Fsp3) is 0.318. The smallest absolute Gasteiger partial charge is 0.411 e. The Morgan fingerprint density at radius 2 is 1.93 bits per heavy atom. The van der Waals surface area contributed by atoms with Crippen molar-refractivity contribution in [2.24, 2.45) is 11.1 Å². The third-order valence-corrected chi connectivity index (χ3v) is 6.43. The summed E-state index contributed by atoms with van der Waals surface area (Å²) < 4.78 is 28.6. The summed E-state index contributed by atoms with van der Waals surface area (Å²) in [6, 6.07) is 12.7. The Morgan fingerprint density at radius 3 is 2.60 bits per heavy atom. The van der Waals surface area contributed by atoms with Gasteiger partial charge >= 0.3 is 6.09 Å². The maximum Gasteiger partial charge on any atom is 0.411 e. The first-order valence-electron chi connectivity index (χ1n) is 9.90. The predicted octanol–water partition coefficient (Wildman–Crippen LogP) is 4.12. The number of carbonyl (C=O) groups excluding carboxylic acids is 1. The number of fused-ring (bicyclic) bond motifs is 3. The molecule has 2 aliphatic rings. The SMILES string of the molecule is CC(C)OC(=O)Nc1ccc(C2Nc3ccc(S(N)(=O)=O)cc3C3C=CCC32)cc1. The summed E-state index contributed by atoms with van der Waals surface area (Å²) in [6.45, 7) is 3.60. The molecule has 0 aromatic heterocycles. The summed E-state index contributed by atoms with van der Waals surface area (Å²) in [5.41, 5.74) is 3.62. The molecule has 0 fully saturated rings. The molecular formula is C22H25N3O4S. The Kier molecular flexibility index (Phi) is 5.29. The molecule has 3 unspecified atom stereocenters. The lowest BCUT2D eigenvalue weighted by Gasteiger charge is -2.37. The summed E-state index contributed by atoms with van der Waals surface area (Å²) in [4.78, 5) is 11.9. The lowest BCUT2D eigenvalue weighted by molar-refractivity contribution is 0.130. The Bertz CT molecular complexity index is 1090. The van der Waals surface area contributed by atoms with Crippen LogP contribution in [0.1, 0.15) is 43.4 Å². The highest BCUT2D eigenvalue weighted by Crippen LogP contribution is 2.50. The molecule has 1 amide bonds. The van der Waals surface area contributed by atoms with E-state index < -0.39 is 16.1 Å². The van der Waals surface area contributed by atoms with Crippen LogP contribution in [0.2, 0.25) is 0 Å². The monoisotopic (exact) mass is 427 g/mol. The highest BCUT2D eigenvalue weighted by molar-refractivity contribution is 7.89. The molecule has 8 heteroatoms. The van der Waals surface area contributed by atoms with Gasteiger partial charge in [-0.15, -0.1) is 0 Å². The van der Waals surface area contributed by atoms with Crippen molar-refractivity contribution < 1.29 is 17.9 Å². The average Bonchev–Trinajstić information content (AvgIpc) is 3.16. The van der Waals surface area contributed by atoms with E-state index in [1.54, 1.807) is 26.0 Å². The van der Waals surface area contributed by atoms with Crippen LogP contribution in [0, 0.1) is 5.92 Å². The van der Waals surface area contributed by atoms with Gasteiger partial charge in [-0.3, -0.25) is 5.32 Å². The van der Waals surface area contributed by atoms with Crippen LogP contribution in [0.15, 0.2) is 59.5 Å². The minimum Gasteiger partial charge on any atom is -0.447 e. The standard InChI is InChI=1S/C22H25N3O4S/c1-13(2)29-22(26)24-15-8-6-14(7-9-15)21-18-5-3-4-17(18)19-12-16(30(23,27)28)10-11-20(19)25-21/h3-4,6-13,17-18,21,25H,5H2,1-2H3,(H,24,26)(H2,23,27,28). The number of carbonyl (C=O) groups is 1. The molecule has 1 aliphatic carbocycles. The van der Waals surface area contributed by atoms with E-state index in [0.29, 0.717) is 5.69 Å². The summed E-state index contributed by atoms with van der Waals surface area (Å²) in [5.74, 6) is 0.379. The van der Waals surface area contributed by atoms with Gasteiger partial charge in [-0.2, -0.15) is 0 Å². The predicted molar refractivity (Wildman–Crippen MR) is 116 cm³/mol. The molecule has 7 nitrogen and oxygen atoms in total. The first kappa shape index (κ1) is 20.4. The van der Waals surface area contributed by atoms with Gasteiger partial charge in [0, 0.05) is 17.3 Å². The number of hydrogen-bond donors (Lipinski definition) is 3. The molecule has 4 rings (SSSR count). The largest absolute Gasteiger partial charge is 0.447 e. The number of benzene rings is 2. The first-order valence-corrected chi connectivity index (χ1v) is 11.4. The molecule has 30 heavy (non-hydrogen) atoms. The summed E-state index contributed by atoms with van der Waals surface area (Å²) in [6.07, 6.45) is 4.51. The lowest BCUT2D eigenvalue weighted by Crippen LogP contribution is -2.29. The molecule has 4 N–H and O–H groups in total. The maximum absolute atomic E-state index is 11.8. The van der Waals surface area contributed by atoms with Crippen molar-refractivity contribution in [2.45, 2.75) is 43.2 Å². The van der Waals surface area contributed by atoms with E-state index in [0.717, 1.165) is 23.2 Å². The molecule has 0 radical (unpaired) electrons. The molecule has 0 spiro atoms. The van der Waals surface area contributed by atoms with Crippen LogP contribution in [0.3, 0.4) is 0 Å². The number of nitrogens with one attached hydrogen (secondary N) is 2. The van der Waals surface area contributed by atoms with Gasteiger partial charge in [-0.05, 0) is 67.6 Å². The molecule has 2 aromatic carbocycles. The zero-order valence-electron chi connectivity index (χ0n) is 16.8. The molecule has 0 saturated carbocycles. The average molecular weight is 428 g/mol. The second-order valence-corrected chi connectivity index (χ2v) is 9.53. The van der Waals surface area contributed by atoms with Gasteiger partial charge < -0.3 is 10.1 Å². The van der Waals surface area contributed by atoms with Crippen LogP contribution >= 0.6 is 0 Å². The molecule has 1 aliphatic heterocycles. The lowest BCUT2D eigenvalue weighted by atomic mass is 9.77. The molecule has 158 valence electrons. The number of nitrogens with two attached hydrogens (primary N) is 1. The van der Waals surface area contributed by atoms with Gasteiger partial charge in [-0.25, -0.2) is 18.4 Å². The highest BCUT2D eigenvalue weighted by Gasteiger charge is 2.38. The normalized spacial score (nSPS) is 22.2. The highest BCUT2D eigenvalue weighted by atomic mass is 32.2. The van der Waals surface area contributed by atoms with Gasteiger partial charge in [0.25, 0.3) is 0 Å². The van der Waals surface area contributed by atoms with Gasteiger partial charge in [0.05, 0.1) is 17.0 Å². The third-order valence-electron chi connectivity index (χ3n) is 5.52. The fourth-order valence-corrected chi connectivity index (χ4v) is 4.76. The number of allylic oxidation sites excluding steroid dienone is 2. The summed E-state index contributed by atoms with van der Waals surface area (Å²) >= 11 is 0. The molecule has 1 heterocycles. The summed E-state index contributed by atoms with van der Waals surface area (Å²) in [5, 5.41) is 11.6. The van der Waals surface area contributed by atoms with Crippen LogP contribution in [0.5, 0.6) is 0 Å². The van der Waals surface area contributed by atoms with E-state index in [1.165, 1.54) is 6.07 Å². The van der Waals surface area contributed by atoms with Crippen LogP contribution in [-0.2, 0) is 14.8 Å². The van der Waals surface area contributed by atoms with Crippen molar-refractivity contribution >= 4 is 27.5 Å². The number of amides is 1. The number of sulfonamides is 1. The topological polar surface area (TPSA) is 111 Å². The number of hydrogen-bond acceptors (Lipinski definition) is 5. The van der Waals surface area contributed by atoms with E-state index in [1.807, 2.05) is 24.3 Å². The Morgan fingerprint density at radius 1 is 1.20 bits per heavy atom. The van der Waals surface area contributed by atoms with E-state index in [4.69, 9.17) is 9.88 Å². The third kappa shape index (κ3) is 4.06. The Labute approximate surface area is 176 Å². The van der Waals surface area contributed by atoms with E-state index in [2.05, 4.69) is 22.8 Å². The zero-order chi connectivity index (χ0) is 21.5. The van der Waals surface area contributed by atoms with E-state index >= 15 is 0 Å². The molecule has 0 bridgehead atoms. The van der Waals surface area contributed by atoms with Gasteiger partial charge in [-0.1, -0.05) is 24.3 Å². The van der Waals surface area contributed by atoms with Crippen molar-refractivity contribution in [3.05, 3.63) is 65.7 Å². The van der Waals surface area contributed by atoms with Crippen molar-refractivity contribution in [3.8, 4) is 0 Å². The van der Waals surface area contributed by atoms with Crippen LogP contribution in [-0.4, -0.2) is 20.6 Å². The van der Waals surface area contributed by atoms with Crippen LogP contribution in [0.25, 0.3) is 0 Å². The van der Waals surface area contributed by atoms with Crippen molar-refractivity contribution in [3.63, 3.8) is 0 Å². The minimum absolute atomic E-state index is 0.0644. The number of ether oxygens (including phenoxy) is 1. The second-order valence-electron chi connectivity index (χ2n) is 7.97. The Balaban J connectivity index is 1.58. The van der Waals surface area contributed by atoms with Crippen molar-refractivity contribution in [2.75, 3.05) is 10.6 Å². The number of primary sulfonamides is 1. The molecule has 2 aromatic rings. The van der Waals surface area contributed by atoms with Gasteiger partial charge in [0.15, 0.2) is 0 Å². The fourth-order valence-electron chi connectivity index (χ4n) is 4.21. The summed E-state index contributed by atoms with van der Waals surface area (Å²) in [7, 11) is -3.75. The van der Waals surface area contributed by atoms with Crippen molar-refractivity contribution in [1.82, 2.24) is 0 Å². The van der Waals surface area contributed by atoms with Crippen LogP contribution < -0.4 is 15.8 Å². The molecular weight excluding hydrogens is 402 g/mol. The number of rotatable bonds is 4. The minimum atomic E-state index is -3.75. The van der Waals surface area contributed by atoms with Gasteiger partial charge in [0.1, 0.15) is 0 Å². The van der Waals surface area contributed by atoms with E-state index in [-0.39, 0.29) is 28.9 Å². The number of anilines is 2. The quantitative estimate of drug-likeness (QED) is 0.636. The molecule has 3 atom stereocenters. The Hall–Kier alpha value is -2.84.